The van der Waals surface area contributed by atoms with E-state index in [9.17, 15) is 0 Å². The van der Waals surface area contributed by atoms with Crippen molar-refractivity contribution in [1.82, 2.24) is 4.98 Å². The molecule has 0 fully saturated rings. The van der Waals surface area contributed by atoms with Gasteiger partial charge in [-0.2, -0.15) is 0 Å². The number of para-hydroxylation sites is 1. The summed E-state index contributed by atoms with van der Waals surface area (Å²) in [6, 6.07) is 20.6. The van der Waals surface area contributed by atoms with E-state index in [-0.39, 0.29) is 0 Å². The first kappa shape index (κ1) is 13.5. The summed E-state index contributed by atoms with van der Waals surface area (Å²) < 4.78 is 7.05. The maximum atomic E-state index is 5.85. The van der Waals surface area contributed by atoms with Crippen LogP contribution in [0.25, 0.3) is 20.7 Å². The minimum atomic E-state index is 0.512. The van der Waals surface area contributed by atoms with Crippen LogP contribution in [0.5, 0.6) is 5.75 Å². The van der Waals surface area contributed by atoms with Gasteiger partial charge in [0.2, 0.25) is 0 Å². The number of thiazole rings is 1. The van der Waals surface area contributed by atoms with Crippen molar-refractivity contribution in [3.63, 3.8) is 0 Å². The molecule has 4 rings (SSSR count). The van der Waals surface area contributed by atoms with Crippen molar-refractivity contribution >= 4 is 32.9 Å². The fourth-order valence-corrected chi connectivity index (χ4v) is 3.90. The number of nitrogens with zero attached hydrogens (tertiary/aromatic N) is 1. The van der Waals surface area contributed by atoms with Gasteiger partial charge in [-0.1, -0.05) is 18.2 Å². The molecule has 4 heteroatoms. The van der Waals surface area contributed by atoms with Crippen LogP contribution < -0.4 is 4.74 Å². The second kappa shape index (κ2) is 5.91. The van der Waals surface area contributed by atoms with Gasteiger partial charge in [-0.05, 0) is 53.4 Å². The predicted octanol–water partition coefficient (Wildman–Crippen LogP) is 5.60. The highest BCUT2D eigenvalue weighted by atomic mass is 32.1. The van der Waals surface area contributed by atoms with Crippen molar-refractivity contribution in [3.05, 3.63) is 71.1 Å². The third-order valence-electron chi connectivity index (χ3n) is 3.36. The van der Waals surface area contributed by atoms with E-state index in [1.54, 1.807) is 22.7 Å². The van der Waals surface area contributed by atoms with Gasteiger partial charge in [0.15, 0.2) is 0 Å². The average Bonchev–Trinajstić information content (AvgIpc) is 3.22. The molecule has 2 aromatic heterocycles. The van der Waals surface area contributed by atoms with E-state index in [2.05, 4.69) is 40.7 Å². The summed E-state index contributed by atoms with van der Waals surface area (Å²) in [5.41, 5.74) is 2.27. The summed E-state index contributed by atoms with van der Waals surface area (Å²) in [6.07, 6.45) is 0. The number of benzene rings is 2. The van der Waals surface area contributed by atoms with E-state index in [1.807, 2.05) is 30.3 Å². The molecule has 0 aliphatic heterocycles. The van der Waals surface area contributed by atoms with E-state index in [0.717, 1.165) is 16.3 Å². The molecule has 2 aromatic carbocycles. The molecule has 4 aromatic rings. The molecule has 0 amide bonds. The quantitative estimate of drug-likeness (QED) is 0.487. The molecule has 0 unspecified atom stereocenters. The lowest BCUT2D eigenvalue weighted by Crippen LogP contribution is -1.94. The van der Waals surface area contributed by atoms with Crippen LogP contribution in [0.3, 0.4) is 0 Å². The van der Waals surface area contributed by atoms with Crippen molar-refractivity contribution in [3.8, 4) is 16.2 Å². The zero-order valence-electron chi connectivity index (χ0n) is 11.7. The molecular weight excluding hydrogens is 310 g/mol. The second-order valence-electron chi connectivity index (χ2n) is 4.87. The summed E-state index contributed by atoms with van der Waals surface area (Å²) in [5.74, 6) is 0.875. The maximum absolute atomic E-state index is 5.85. The lowest BCUT2D eigenvalue weighted by atomic mass is 10.2. The van der Waals surface area contributed by atoms with Gasteiger partial charge >= 0.3 is 0 Å². The lowest BCUT2D eigenvalue weighted by molar-refractivity contribution is 0.306. The number of hydrogen-bond donors (Lipinski definition) is 0. The van der Waals surface area contributed by atoms with Crippen LogP contribution >= 0.6 is 22.7 Å². The Hall–Kier alpha value is -2.17. The van der Waals surface area contributed by atoms with E-state index in [1.165, 1.54) is 15.1 Å². The molecule has 0 spiro atoms. The topological polar surface area (TPSA) is 22.1 Å². The van der Waals surface area contributed by atoms with Gasteiger partial charge < -0.3 is 4.74 Å². The zero-order valence-corrected chi connectivity index (χ0v) is 13.4. The molecule has 0 radical (unpaired) electrons. The first-order valence-electron chi connectivity index (χ1n) is 7.00. The Bertz CT molecular complexity index is 846. The van der Waals surface area contributed by atoms with Crippen LogP contribution in [0, 0.1) is 0 Å². The number of fused-ring (bicyclic) bond motifs is 1. The Morgan fingerprint density at radius 3 is 2.55 bits per heavy atom. The number of hydrogen-bond acceptors (Lipinski definition) is 4. The minimum absolute atomic E-state index is 0.512. The van der Waals surface area contributed by atoms with Crippen LogP contribution in [-0.2, 0) is 6.61 Å². The first-order chi connectivity index (χ1) is 10.9. The van der Waals surface area contributed by atoms with Crippen LogP contribution in [0.4, 0.5) is 0 Å². The van der Waals surface area contributed by atoms with Gasteiger partial charge in [-0.15, -0.1) is 22.7 Å². The summed E-state index contributed by atoms with van der Waals surface area (Å²) in [5, 5.41) is 3.09. The molecule has 0 aliphatic rings. The largest absolute Gasteiger partial charge is 0.486 e. The number of thiophene rings is 1. The van der Waals surface area contributed by atoms with Gasteiger partial charge in [0.1, 0.15) is 17.4 Å². The Labute approximate surface area is 136 Å². The maximum Gasteiger partial charge on any atom is 0.140 e. The van der Waals surface area contributed by atoms with Crippen molar-refractivity contribution in [2.24, 2.45) is 0 Å². The van der Waals surface area contributed by atoms with Crippen LogP contribution in [-0.4, -0.2) is 4.98 Å². The standard InChI is InChI=1S/C18H13NOS2/c1-2-5-17-15(4-1)19-18(22-17)12-20-14-9-7-13(8-10-14)16-6-3-11-21-16/h1-11H,12H2. The summed E-state index contributed by atoms with van der Waals surface area (Å²) in [6.45, 7) is 0.512. The molecule has 0 atom stereocenters. The summed E-state index contributed by atoms with van der Waals surface area (Å²) in [4.78, 5) is 5.86. The van der Waals surface area contributed by atoms with Gasteiger partial charge in [0, 0.05) is 4.88 Å². The Morgan fingerprint density at radius 1 is 0.909 bits per heavy atom. The molecule has 108 valence electrons. The Morgan fingerprint density at radius 2 is 1.77 bits per heavy atom. The third-order valence-corrected chi connectivity index (χ3v) is 5.29. The fraction of sp³-hybridized carbons (Fsp3) is 0.0556. The van der Waals surface area contributed by atoms with E-state index < -0.39 is 0 Å². The number of ether oxygens (including phenoxy) is 1. The predicted molar refractivity (Wildman–Crippen MR) is 93.7 cm³/mol. The van der Waals surface area contributed by atoms with Crippen LogP contribution in [0.2, 0.25) is 0 Å². The van der Waals surface area contributed by atoms with E-state index in [0.29, 0.717) is 6.61 Å². The number of rotatable bonds is 4. The van der Waals surface area contributed by atoms with Gasteiger partial charge in [-0.25, -0.2) is 4.98 Å². The van der Waals surface area contributed by atoms with Crippen molar-refractivity contribution < 1.29 is 4.74 Å². The zero-order chi connectivity index (χ0) is 14.8. The highest BCUT2D eigenvalue weighted by molar-refractivity contribution is 7.18. The molecule has 2 nitrogen and oxygen atoms in total. The van der Waals surface area contributed by atoms with Gasteiger partial charge in [0.05, 0.1) is 10.2 Å². The van der Waals surface area contributed by atoms with Gasteiger partial charge in [0.25, 0.3) is 0 Å². The molecular formula is C18H13NOS2. The lowest BCUT2D eigenvalue weighted by Gasteiger charge is -2.04. The average molecular weight is 323 g/mol. The SMILES string of the molecule is c1csc(-c2ccc(OCc3nc4ccccc4s3)cc2)c1. The molecule has 0 aliphatic carbocycles. The summed E-state index contributed by atoms with van der Waals surface area (Å²) in [7, 11) is 0. The van der Waals surface area contributed by atoms with Crippen molar-refractivity contribution in [2.45, 2.75) is 6.61 Å². The Kier molecular flexibility index (Phi) is 3.62. The van der Waals surface area contributed by atoms with Crippen molar-refractivity contribution in [1.29, 1.82) is 0 Å². The van der Waals surface area contributed by atoms with Crippen molar-refractivity contribution in [2.75, 3.05) is 0 Å². The smallest absolute Gasteiger partial charge is 0.140 e. The Balaban J connectivity index is 1.47. The van der Waals surface area contributed by atoms with Crippen LogP contribution in [0.15, 0.2) is 66.0 Å². The molecule has 0 N–H and O–H groups in total. The molecule has 2 heterocycles. The third kappa shape index (κ3) is 2.75. The normalized spacial score (nSPS) is 10.9. The molecule has 0 saturated carbocycles. The monoisotopic (exact) mass is 323 g/mol. The van der Waals surface area contributed by atoms with E-state index >= 15 is 0 Å². The summed E-state index contributed by atoms with van der Waals surface area (Å²) >= 11 is 3.43. The fourth-order valence-electron chi connectivity index (χ4n) is 2.28. The highest BCUT2D eigenvalue weighted by Gasteiger charge is 2.04. The molecule has 22 heavy (non-hydrogen) atoms. The minimum Gasteiger partial charge on any atom is -0.486 e. The van der Waals surface area contributed by atoms with E-state index in [4.69, 9.17) is 4.74 Å². The molecule has 0 bridgehead atoms. The van der Waals surface area contributed by atoms with Gasteiger partial charge in [-0.3, -0.25) is 0 Å². The first-order valence-corrected chi connectivity index (χ1v) is 8.69. The second-order valence-corrected chi connectivity index (χ2v) is 6.93. The van der Waals surface area contributed by atoms with Crippen LogP contribution in [0.1, 0.15) is 5.01 Å². The number of aromatic nitrogens is 1. The highest BCUT2D eigenvalue weighted by Crippen LogP contribution is 2.27. The molecule has 0 saturated heterocycles.